The van der Waals surface area contributed by atoms with Gasteiger partial charge >= 0.3 is 0 Å². The molecule has 18 heavy (non-hydrogen) atoms. The molecule has 1 saturated heterocycles. The third-order valence-electron chi connectivity index (χ3n) is 2.87. The first-order valence-corrected chi connectivity index (χ1v) is 7.14. The molecular weight excluding hydrogens is 251 g/mol. The third-order valence-corrected chi connectivity index (χ3v) is 4.01. The van der Waals surface area contributed by atoms with Crippen LogP contribution in [0.1, 0.15) is 24.0 Å². The molecule has 0 spiro atoms. The van der Waals surface area contributed by atoms with Gasteiger partial charge in [0, 0.05) is 23.7 Å². The van der Waals surface area contributed by atoms with Crippen LogP contribution < -0.4 is 5.73 Å². The van der Waals surface area contributed by atoms with Gasteiger partial charge in [-0.15, -0.1) is 0 Å². The smallest absolute Gasteiger partial charge is 0.124 e. The van der Waals surface area contributed by atoms with Gasteiger partial charge in [0.15, 0.2) is 0 Å². The summed E-state index contributed by atoms with van der Waals surface area (Å²) in [5, 5.41) is 7.33. The number of rotatable bonds is 5. The highest BCUT2D eigenvalue weighted by atomic mass is 32.2. The Morgan fingerprint density at radius 1 is 1.50 bits per heavy atom. The lowest BCUT2D eigenvalue weighted by Gasteiger charge is -2.09. The summed E-state index contributed by atoms with van der Waals surface area (Å²) in [7, 11) is 0. The van der Waals surface area contributed by atoms with Gasteiger partial charge in [-0.1, -0.05) is 0 Å². The lowest BCUT2D eigenvalue weighted by Crippen LogP contribution is -2.12. The molecule has 1 unspecified atom stereocenters. The first-order valence-electron chi connectivity index (χ1n) is 5.98. The Morgan fingerprint density at radius 2 is 2.33 bits per heavy atom. The molecule has 0 saturated carbocycles. The third kappa shape index (κ3) is 3.71. The molecule has 1 aliphatic heterocycles. The molecular formula is C13H17FN2OS. The van der Waals surface area contributed by atoms with Crippen molar-refractivity contribution in [2.75, 3.05) is 12.4 Å². The van der Waals surface area contributed by atoms with Gasteiger partial charge in [-0.05, 0) is 36.6 Å². The minimum absolute atomic E-state index is 0.0973. The summed E-state index contributed by atoms with van der Waals surface area (Å²) >= 11 is 1.73. The number of hydrogen-bond donors (Lipinski definition) is 2. The summed E-state index contributed by atoms with van der Waals surface area (Å²) < 4.78 is 18.9. The summed E-state index contributed by atoms with van der Waals surface area (Å²) in [6.45, 7) is 0.861. The van der Waals surface area contributed by atoms with Crippen molar-refractivity contribution in [2.45, 2.75) is 24.7 Å². The van der Waals surface area contributed by atoms with Crippen LogP contribution in [0.5, 0.6) is 0 Å². The molecule has 0 amide bonds. The minimum atomic E-state index is -0.338. The Labute approximate surface area is 110 Å². The molecule has 5 heteroatoms. The highest BCUT2D eigenvalue weighted by molar-refractivity contribution is 7.98. The quantitative estimate of drug-likeness (QED) is 0.637. The van der Waals surface area contributed by atoms with E-state index in [1.807, 2.05) is 0 Å². The Hall–Kier alpha value is -1.07. The van der Waals surface area contributed by atoms with Crippen molar-refractivity contribution >= 4 is 17.6 Å². The first kappa shape index (κ1) is 13.4. The van der Waals surface area contributed by atoms with Gasteiger partial charge in [0.1, 0.15) is 11.7 Å². The van der Waals surface area contributed by atoms with E-state index in [1.165, 1.54) is 12.1 Å². The number of amidine groups is 1. The molecule has 0 aliphatic carbocycles. The first-order chi connectivity index (χ1) is 8.65. The van der Waals surface area contributed by atoms with Crippen LogP contribution >= 0.6 is 11.8 Å². The van der Waals surface area contributed by atoms with E-state index in [2.05, 4.69) is 0 Å². The molecule has 2 rings (SSSR count). The predicted octanol–water partition coefficient (Wildman–Crippen LogP) is 2.52. The van der Waals surface area contributed by atoms with E-state index in [1.54, 1.807) is 17.8 Å². The van der Waals surface area contributed by atoms with Crippen LogP contribution in [-0.2, 0) is 10.5 Å². The fourth-order valence-electron chi connectivity index (χ4n) is 1.97. The van der Waals surface area contributed by atoms with Crippen molar-refractivity contribution in [2.24, 2.45) is 5.73 Å². The predicted molar refractivity (Wildman–Crippen MR) is 72.6 cm³/mol. The van der Waals surface area contributed by atoms with Gasteiger partial charge in [0.2, 0.25) is 0 Å². The standard InChI is InChI=1S/C13H17FN2OS/c14-11-5-9(4-10(6-11)13(15)16)7-18-8-12-2-1-3-17-12/h4-6,12H,1-3,7-8H2,(H3,15,16). The maximum Gasteiger partial charge on any atom is 0.124 e. The molecule has 0 bridgehead atoms. The Balaban J connectivity index is 1.89. The minimum Gasteiger partial charge on any atom is -0.384 e. The van der Waals surface area contributed by atoms with E-state index in [9.17, 15) is 4.39 Å². The molecule has 1 aromatic carbocycles. The number of halogens is 1. The number of hydrogen-bond acceptors (Lipinski definition) is 3. The Morgan fingerprint density at radius 3 is 3.00 bits per heavy atom. The van der Waals surface area contributed by atoms with Crippen LogP contribution in [0.2, 0.25) is 0 Å². The Kier molecular flexibility index (Phi) is 4.60. The van der Waals surface area contributed by atoms with Crippen molar-refractivity contribution in [3.63, 3.8) is 0 Å². The van der Waals surface area contributed by atoms with E-state index in [-0.39, 0.29) is 11.7 Å². The SMILES string of the molecule is N=C(N)c1cc(F)cc(CSCC2CCCO2)c1. The molecule has 1 heterocycles. The summed E-state index contributed by atoms with van der Waals surface area (Å²) in [5.41, 5.74) is 6.68. The number of nitrogens with one attached hydrogen (secondary N) is 1. The summed E-state index contributed by atoms with van der Waals surface area (Å²) in [4.78, 5) is 0. The van der Waals surface area contributed by atoms with Gasteiger partial charge in [-0.3, -0.25) is 5.41 Å². The zero-order valence-corrected chi connectivity index (χ0v) is 10.9. The van der Waals surface area contributed by atoms with Crippen LogP contribution in [0.3, 0.4) is 0 Å². The van der Waals surface area contributed by atoms with E-state index in [0.717, 1.165) is 36.5 Å². The second-order valence-electron chi connectivity index (χ2n) is 4.41. The normalized spacial score (nSPS) is 19.1. The van der Waals surface area contributed by atoms with Gasteiger partial charge in [0.25, 0.3) is 0 Å². The molecule has 98 valence electrons. The highest BCUT2D eigenvalue weighted by Gasteiger charge is 2.15. The van der Waals surface area contributed by atoms with E-state index < -0.39 is 0 Å². The number of nitrogen functional groups attached to an aromatic ring is 1. The van der Waals surface area contributed by atoms with Crippen molar-refractivity contribution in [3.05, 3.63) is 35.1 Å². The van der Waals surface area contributed by atoms with Gasteiger partial charge in [-0.25, -0.2) is 4.39 Å². The fraction of sp³-hybridized carbons (Fsp3) is 0.462. The fourth-order valence-corrected chi connectivity index (χ4v) is 3.02. The van der Waals surface area contributed by atoms with Crippen LogP contribution in [-0.4, -0.2) is 24.3 Å². The summed E-state index contributed by atoms with van der Waals surface area (Å²) in [5.74, 6) is 1.22. The van der Waals surface area contributed by atoms with Crippen molar-refractivity contribution in [1.82, 2.24) is 0 Å². The number of benzene rings is 1. The van der Waals surface area contributed by atoms with Crippen LogP contribution in [0, 0.1) is 11.2 Å². The largest absolute Gasteiger partial charge is 0.384 e. The van der Waals surface area contributed by atoms with Crippen LogP contribution in [0.4, 0.5) is 4.39 Å². The van der Waals surface area contributed by atoms with Crippen molar-refractivity contribution < 1.29 is 9.13 Å². The zero-order valence-electron chi connectivity index (χ0n) is 10.1. The molecule has 1 fully saturated rings. The monoisotopic (exact) mass is 268 g/mol. The van der Waals surface area contributed by atoms with Gasteiger partial charge in [-0.2, -0.15) is 11.8 Å². The molecule has 1 aliphatic rings. The van der Waals surface area contributed by atoms with Gasteiger partial charge < -0.3 is 10.5 Å². The maximum atomic E-state index is 13.3. The molecule has 0 aromatic heterocycles. The lowest BCUT2D eigenvalue weighted by atomic mass is 10.1. The second-order valence-corrected chi connectivity index (χ2v) is 5.44. The zero-order chi connectivity index (χ0) is 13.0. The van der Waals surface area contributed by atoms with E-state index in [0.29, 0.717) is 11.7 Å². The van der Waals surface area contributed by atoms with Crippen LogP contribution in [0.25, 0.3) is 0 Å². The molecule has 1 atom stereocenters. The maximum absolute atomic E-state index is 13.3. The highest BCUT2D eigenvalue weighted by Crippen LogP contribution is 2.21. The Bertz CT molecular complexity index is 433. The molecule has 3 nitrogen and oxygen atoms in total. The van der Waals surface area contributed by atoms with E-state index in [4.69, 9.17) is 15.9 Å². The van der Waals surface area contributed by atoms with Gasteiger partial charge in [0.05, 0.1) is 6.10 Å². The summed E-state index contributed by atoms with van der Waals surface area (Å²) in [6.07, 6.45) is 2.60. The second kappa shape index (κ2) is 6.20. The summed E-state index contributed by atoms with van der Waals surface area (Å²) in [6, 6.07) is 4.56. The molecule has 1 aromatic rings. The van der Waals surface area contributed by atoms with Crippen molar-refractivity contribution in [1.29, 1.82) is 5.41 Å². The average molecular weight is 268 g/mol. The average Bonchev–Trinajstić information content (AvgIpc) is 2.81. The lowest BCUT2D eigenvalue weighted by molar-refractivity contribution is 0.129. The van der Waals surface area contributed by atoms with E-state index >= 15 is 0 Å². The topological polar surface area (TPSA) is 59.1 Å². The number of ether oxygens (including phenoxy) is 1. The van der Waals surface area contributed by atoms with Crippen LogP contribution in [0.15, 0.2) is 18.2 Å². The number of thioether (sulfide) groups is 1. The number of nitrogens with two attached hydrogens (primary N) is 1. The molecule has 3 N–H and O–H groups in total. The van der Waals surface area contributed by atoms with Crippen molar-refractivity contribution in [3.8, 4) is 0 Å². The molecule has 0 radical (unpaired) electrons.